The number of hydrogen-bond donors (Lipinski definition) is 1. The number of nitriles is 1. The van der Waals surface area contributed by atoms with Crippen LogP contribution in [0, 0.1) is 25.2 Å². The SMILES string of the molecule is Cc1cccc(Cn2nc(C)c(C#N)c2N)c1. The van der Waals surface area contributed by atoms with E-state index >= 15 is 0 Å². The van der Waals surface area contributed by atoms with Crippen molar-refractivity contribution in [1.29, 1.82) is 5.26 Å². The molecule has 0 saturated heterocycles. The molecule has 0 spiro atoms. The van der Waals surface area contributed by atoms with Crippen LogP contribution in [0.2, 0.25) is 0 Å². The van der Waals surface area contributed by atoms with Crippen LogP contribution in [-0.4, -0.2) is 9.78 Å². The Hall–Kier alpha value is -2.28. The molecule has 0 bridgehead atoms. The molecule has 2 rings (SSSR count). The molecule has 86 valence electrons. The molecular formula is C13H14N4. The van der Waals surface area contributed by atoms with Gasteiger partial charge in [-0.3, -0.25) is 0 Å². The Morgan fingerprint density at radius 3 is 2.76 bits per heavy atom. The van der Waals surface area contributed by atoms with Crippen molar-refractivity contribution in [3.05, 3.63) is 46.6 Å². The number of nitrogens with two attached hydrogens (primary N) is 1. The molecule has 1 aromatic carbocycles. The van der Waals surface area contributed by atoms with Crippen LogP contribution >= 0.6 is 0 Å². The van der Waals surface area contributed by atoms with E-state index in [2.05, 4.69) is 17.2 Å². The third-order valence-corrected chi connectivity index (χ3v) is 2.69. The van der Waals surface area contributed by atoms with Crippen LogP contribution in [0.15, 0.2) is 24.3 Å². The summed E-state index contributed by atoms with van der Waals surface area (Å²) >= 11 is 0. The molecule has 0 aliphatic heterocycles. The number of benzene rings is 1. The zero-order valence-electron chi connectivity index (χ0n) is 9.94. The van der Waals surface area contributed by atoms with Crippen molar-refractivity contribution in [1.82, 2.24) is 9.78 Å². The summed E-state index contributed by atoms with van der Waals surface area (Å²) in [5, 5.41) is 13.2. The Morgan fingerprint density at radius 2 is 2.18 bits per heavy atom. The highest BCUT2D eigenvalue weighted by Crippen LogP contribution is 2.16. The van der Waals surface area contributed by atoms with Crippen molar-refractivity contribution in [2.75, 3.05) is 5.73 Å². The van der Waals surface area contributed by atoms with E-state index in [9.17, 15) is 0 Å². The molecule has 0 unspecified atom stereocenters. The largest absolute Gasteiger partial charge is 0.383 e. The van der Waals surface area contributed by atoms with Gasteiger partial charge in [-0.05, 0) is 19.4 Å². The van der Waals surface area contributed by atoms with Crippen LogP contribution in [0.25, 0.3) is 0 Å². The highest BCUT2D eigenvalue weighted by molar-refractivity contribution is 5.51. The summed E-state index contributed by atoms with van der Waals surface area (Å²) < 4.78 is 1.67. The predicted molar refractivity (Wildman–Crippen MR) is 66.4 cm³/mol. The van der Waals surface area contributed by atoms with Gasteiger partial charge in [0.15, 0.2) is 0 Å². The zero-order valence-corrected chi connectivity index (χ0v) is 9.94. The maximum Gasteiger partial charge on any atom is 0.140 e. The summed E-state index contributed by atoms with van der Waals surface area (Å²) in [5.41, 5.74) is 9.35. The van der Waals surface area contributed by atoms with Gasteiger partial charge < -0.3 is 5.73 Å². The molecule has 0 radical (unpaired) electrons. The van der Waals surface area contributed by atoms with Crippen LogP contribution in [0.5, 0.6) is 0 Å². The fourth-order valence-electron chi connectivity index (χ4n) is 1.84. The predicted octanol–water partition coefficient (Wildman–Crippen LogP) is 2.00. The first-order chi connectivity index (χ1) is 8.11. The molecule has 1 aromatic heterocycles. The lowest BCUT2D eigenvalue weighted by atomic mass is 10.1. The summed E-state index contributed by atoms with van der Waals surface area (Å²) in [6.07, 6.45) is 0. The molecular weight excluding hydrogens is 212 g/mol. The van der Waals surface area contributed by atoms with Gasteiger partial charge in [-0.1, -0.05) is 29.8 Å². The summed E-state index contributed by atoms with van der Waals surface area (Å²) in [4.78, 5) is 0. The number of aryl methyl sites for hydroxylation is 2. The second-order valence-corrected chi connectivity index (χ2v) is 4.10. The highest BCUT2D eigenvalue weighted by Gasteiger charge is 2.11. The molecule has 2 N–H and O–H groups in total. The third-order valence-electron chi connectivity index (χ3n) is 2.69. The standard InChI is InChI=1S/C13H14N4/c1-9-4-3-5-11(6-9)8-17-13(15)12(7-14)10(2)16-17/h3-6H,8,15H2,1-2H3. The molecule has 0 aliphatic carbocycles. The Labute approximate surface area is 100 Å². The summed E-state index contributed by atoms with van der Waals surface area (Å²) in [6.45, 7) is 4.43. The Morgan fingerprint density at radius 1 is 1.41 bits per heavy atom. The van der Waals surface area contributed by atoms with E-state index in [0.717, 1.165) is 5.56 Å². The lowest BCUT2D eigenvalue weighted by molar-refractivity contribution is 0.689. The number of rotatable bonds is 2. The van der Waals surface area contributed by atoms with Crippen molar-refractivity contribution in [3.63, 3.8) is 0 Å². The molecule has 0 aliphatic rings. The van der Waals surface area contributed by atoms with E-state index in [1.54, 1.807) is 11.6 Å². The minimum absolute atomic E-state index is 0.437. The maximum absolute atomic E-state index is 8.94. The number of nitrogens with zero attached hydrogens (tertiary/aromatic N) is 3. The molecule has 4 nitrogen and oxygen atoms in total. The molecule has 0 amide bonds. The quantitative estimate of drug-likeness (QED) is 0.851. The van der Waals surface area contributed by atoms with Gasteiger partial charge in [-0.15, -0.1) is 0 Å². The van der Waals surface area contributed by atoms with Crippen LogP contribution in [0.4, 0.5) is 5.82 Å². The van der Waals surface area contributed by atoms with Crippen molar-refractivity contribution < 1.29 is 0 Å². The van der Waals surface area contributed by atoms with Crippen molar-refractivity contribution in [3.8, 4) is 6.07 Å². The van der Waals surface area contributed by atoms with Gasteiger partial charge >= 0.3 is 0 Å². The Bertz CT molecular complexity index is 590. The highest BCUT2D eigenvalue weighted by atomic mass is 15.3. The van der Waals surface area contributed by atoms with E-state index in [1.165, 1.54) is 5.56 Å². The molecule has 4 heteroatoms. The monoisotopic (exact) mass is 226 g/mol. The average Bonchev–Trinajstić information content (AvgIpc) is 2.54. The van der Waals surface area contributed by atoms with Crippen molar-refractivity contribution in [2.24, 2.45) is 0 Å². The van der Waals surface area contributed by atoms with Crippen LogP contribution < -0.4 is 5.73 Å². The molecule has 0 saturated carbocycles. The third kappa shape index (κ3) is 2.13. The van der Waals surface area contributed by atoms with E-state index in [1.807, 2.05) is 25.1 Å². The molecule has 2 aromatic rings. The number of anilines is 1. The summed E-state index contributed by atoms with van der Waals surface area (Å²) in [6, 6.07) is 10.2. The molecule has 1 heterocycles. The average molecular weight is 226 g/mol. The van der Waals surface area contributed by atoms with E-state index < -0.39 is 0 Å². The molecule has 0 fully saturated rings. The van der Waals surface area contributed by atoms with E-state index in [4.69, 9.17) is 11.0 Å². The van der Waals surface area contributed by atoms with Crippen LogP contribution in [-0.2, 0) is 6.54 Å². The van der Waals surface area contributed by atoms with Crippen molar-refractivity contribution >= 4 is 5.82 Å². The zero-order chi connectivity index (χ0) is 12.4. The normalized spacial score (nSPS) is 10.2. The smallest absolute Gasteiger partial charge is 0.140 e. The van der Waals surface area contributed by atoms with Crippen LogP contribution in [0.1, 0.15) is 22.4 Å². The van der Waals surface area contributed by atoms with Gasteiger partial charge in [0.25, 0.3) is 0 Å². The lowest BCUT2D eigenvalue weighted by Gasteiger charge is -2.05. The second kappa shape index (κ2) is 4.30. The first-order valence-corrected chi connectivity index (χ1v) is 5.40. The topological polar surface area (TPSA) is 67.6 Å². The molecule has 17 heavy (non-hydrogen) atoms. The first kappa shape index (κ1) is 11.2. The summed E-state index contributed by atoms with van der Waals surface area (Å²) in [7, 11) is 0. The van der Waals surface area contributed by atoms with Gasteiger partial charge in [-0.2, -0.15) is 10.4 Å². The minimum Gasteiger partial charge on any atom is -0.383 e. The Kier molecular flexibility index (Phi) is 2.84. The van der Waals surface area contributed by atoms with Gasteiger partial charge in [0, 0.05) is 0 Å². The number of nitrogen functional groups attached to an aromatic ring is 1. The number of hydrogen-bond acceptors (Lipinski definition) is 3. The van der Waals surface area contributed by atoms with Crippen LogP contribution in [0.3, 0.4) is 0 Å². The lowest BCUT2D eigenvalue weighted by Crippen LogP contribution is -2.06. The second-order valence-electron chi connectivity index (χ2n) is 4.10. The Balaban J connectivity index is 2.34. The molecule has 0 atom stereocenters. The van der Waals surface area contributed by atoms with Gasteiger partial charge in [0.1, 0.15) is 17.5 Å². The van der Waals surface area contributed by atoms with Gasteiger partial charge in [-0.25, -0.2) is 4.68 Å². The van der Waals surface area contributed by atoms with E-state index in [-0.39, 0.29) is 0 Å². The first-order valence-electron chi connectivity index (χ1n) is 5.40. The fourth-order valence-corrected chi connectivity index (χ4v) is 1.84. The van der Waals surface area contributed by atoms with Crippen molar-refractivity contribution in [2.45, 2.75) is 20.4 Å². The number of aromatic nitrogens is 2. The van der Waals surface area contributed by atoms with E-state index in [0.29, 0.717) is 23.6 Å². The minimum atomic E-state index is 0.437. The summed E-state index contributed by atoms with van der Waals surface area (Å²) in [5.74, 6) is 0.437. The van der Waals surface area contributed by atoms with Gasteiger partial charge in [0.2, 0.25) is 0 Å². The fraction of sp³-hybridized carbons (Fsp3) is 0.231. The van der Waals surface area contributed by atoms with Gasteiger partial charge in [0.05, 0.1) is 12.2 Å². The maximum atomic E-state index is 8.94.